The van der Waals surface area contributed by atoms with E-state index in [1.54, 1.807) is 4.57 Å². The van der Waals surface area contributed by atoms with Crippen LogP contribution in [0.1, 0.15) is 24.4 Å². The molecule has 2 aromatic heterocycles. The third-order valence-electron chi connectivity index (χ3n) is 6.02. The highest BCUT2D eigenvalue weighted by molar-refractivity contribution is 6.33. The van der Waals surface area contributed by atoms with E-state index in [1.165, 1.54) is 11.5 Å². The number of aromatic amines is 1. The van der Waals surface area contributed by atoms with Crippen molar-refractivity contribution in [2.45, 2.75) is 32.8 Å². The van der Waals surface area contributed by atoms with Crippen LogP contribution in [0.4, 0.5) is 5.69 Å². The SMILES string of the molecule is Cc1cc(=O)n(-c2ccc(N3CCC(Oc4ccc5cc[nH]c5c4)CC3)c(Cl)c2)c(C)n1. The van der Waals surface area contributed by atoms with Gasteiger partial charge in [-0.1, -0.05) is 11.6 Å². The zero-order valence-electron chi connectivity index (χ0n) is 18.1. The lowest BCUT2D eigenvalue weighted by molar-refractivity contribution is 0.171. The summed E-state index contributed by atoms with van der Waals surface area (Å²) in [5, 5.41) is 1.81. The summed E-state index contributed by atoms with van der Waals surface area (Å²) in [5.74, 6) is 1.54. The van der Waals surface area contributed by atoms with Crippen molar-refractivity contribution in [3.8, 4) is 11.4 Å². The number of nitrogens with one attached hydrogen (secondary N) is 1. The molecule has 1 aliphatic heterocycles. The minimum absolute atomic E-state index is 0.102. The second-order valence-electron chi connectivity index (χ2n) is 8.29. The molecule has 0 spiro atoms. The fourth-order valence-corrected chi connectivity index (χ4v) is 4.75. The summed E-state index contributed by atoms with van der Waals surface area (Å²) in [5.41, 5.74) is 3.41. The van der Waals surface area contributed by atoms with Gasteiger partial charge in [-0.15, -0.1) is 0 Å². The highest BCUT2D eigenvalue weighted by Crippen LogP contribution is 2.31. The summed E-state index contributed by atoms with van der Waals surface area (Å²) in [6.07, 6.45) is 3.95. The number of H-pyrrole nitrogens is 1. The molecule has 7 heteroatoms. The van der Waals surface area contributed by atoms with E-state index in [9.17, 15) is 4.79 Å². The van der Waals surface area contributed by atoms with E-state index in [0.29, 0.717) is 16.5 Å². The van der Waals surface area contributed by atoms with Crippen LogP contribution in [0.5, 0.6) is 5.75 Å². The molecule has 0 unspecified atom stereocenters. The number of hydrogen-bond donors (Lipinski definition) is 1. The number of aryl methyl sites for hydroxylation is 2. The Kier molecular flexibility index (Phi) is 5.39. The minimum Gasteiger partial charge on any atom is -0.490 e. The van der Waals surface area contributed by atoms with Crippen LogP contribution in [0.25, 0.3) is 16.6 Å². The standard InChI is InChI=1S/C25H25ClN4O2/c1-16-13-25(31)30(17(2)28-16)19-4-6-24(22(26)14-19)29-11-8-20(9-12-29)32-21-5-3-18-7-10-27-23(18)15-21/h3-7,10,13-15,20,27H,8-9,11-12H2,1-2H3. The van der Waals surface area contributed by atoms with E-state index in [4.69, 9.17) is 16.3 Å². The first-order chi connectivity index (χ1) is 15.5. The first-order valence-electron chi connectivity index (χ1n) is 10.8. The Hall–Kier alpha value is -3.25. The van der Waals surface area contributed by atoms with Gasteiger partial charge in [-0.05, 0) is 55.6 Å². The summed E-state index contributed by atoms with van der Waals surface area (Å²) >= 11 is 6.65. The molecular formula is C25H25ClN4O2. The predicted molar refractivity (Wildman–Crippen MR) is 128 cm³/mol. The zero-order valence-corrected chi connectivity index (χ0v) is 18.9. The molecule has 0 saturated carbocycles. The lowest BCUT2D eigenvalue weighted by atomic mass is 10.1. The van der Waals surface area contributed by atoms with Crippen LogP contribution < -0.4 is 15.2 Å². The Balaban J connectivity index is 1.28. The lowest BCUT2D eigenvalue weighted by Crippen LogP contribution is -2.38. The number of rotatable bonds is 4. The monoisotopic (exact) mass is 448 g/mol. The van der Waals surface area contributed by atoms with Gasteiger partial charge in [0.05, 0.1) is 16.4 Å². The minimum atomic E-state index is -0.102. The first kappa shape index (κ1) is 20.6. The summed E-state index contributed by atoms with van der Waals surface area (Å²) in [7, 11) is 0. The van der Waals surface area contributed by atoms with Crippen LogP contribution in [-0.2, 0) is 0 Å². The highest BCUT2D eigenvalue weighted by Gasteiger charge is 2.22. The predicted octanol–water partition coefficient (Wildman–Crippen LogP) is 5.03. The van der Waals surface area contributed by atoms with E-state index < -0.39 is 0 Å². The number of ether oxygens (including phenoxy) is 1. The molecule has 5 rings (SSSR count). The zero-order chi connectivity index (χ0) is 22.2. The number of fused-ring (bicyclic) bond motifs is 1. The fraction of sp³-hybridized carbons (Fsp3) is 0.280. The van der Waals surface area contributed by atoms with Gasteiger partial charge >= 0.3 is 0 Å². The molecular weight excluding hydrogens is 424 g/mol. The van der Waals surface area contributed by atoms with Crippen LogP contribution in [0.3, 0.4) is 0 Å². The van der Waals surface area contributed by atoms with Gasteiger partial charge in [0.15, 0.2) is 0 Å². The van der Waals surface area contributed by atoms with Crippen molar-refractivity contribution in [2.24, 2.45) is 0 Å². The summed E-state index contributed by atoms with van der Waals surface area (Å²) < 4.78 is 7.82. The second kappa shape index (κ2) is 8.36. The number of halogens is 1. The van der Waals surface area contributed by atoms with Crippen molar-refractivity contribution >= 4 is 28.2 Å². The molecule has 1 N–H and O–H groups in total. The van der Waals surface area contributed by atoms with Crippen molar-refractivity contribution in [2.75, 3.05) is 18.0 Å². The van der Waals surface area contributed by atoms with Gasteiger partial charge in [0.2, 0.25) is 0 Å². The highest BCUT2D eigenvalue weighted by atomic mass is 35.5. The number of anilines is 1. The van der Waals surface area contributed by atoms with Crippen LogP contribution >= 0.6 is 11.6 Å². The Bertz CT molecular complexity index is 1340. The molecule has 3 heterocycles. The molecule has 0 atom stereocenters. The Morgan fingerprint density at radius 1 is 1.06 bits per heavy atom. The van der Waals surface area contributed by atoms with Gasteiger partial charge < -0.3 is 14.6 Å². The number of hydrogen-bond acceptors (Lipinski definition) is 4. The number of benzene rings is 2. The van der Waals surface area contributed by atoms with Crippen molar-refractivity contribution in [1.82, 2.24) is 14.5 Å². The maximum atomic E-state index is 12.5. The van der Waals surface area contributed by atoms with Crippen LogP contribution in [-0.4, -0.2) is 33.7 Å². The van der Waals surface area contributed by atoms with Gasteiger partial charge in [-0.2, -0.15) is 0 Å². The topological polar surface area (TPSA) is 63.1 Å². The molecule has 4 aromatic rings. The molecule has 0 bridgehead atoms. The average molecular weight is 449 g/mol. The number of aromatic nitrogens is 3. The molecule has 2 aromatic carbocycles. The maximum absolute atomic E-state index is 12.5. The number of nitrogens with zero attached hydrogens (tertiary/aromatic N) is 3. The fourth-order valence-electron chi connectivity index (χ4n) is 4.45. The third-order valence-corrected chi connectivity index (χ3v) is 6.32. The van der Waals surface area contributed by atoms with Gasteiger partial charge in [-0.3, -0.25) is 9.36 Å². The Labute approximate surface area is 191 Å². The first-order valence-corrected chi connectivity index (χ1v) is 11.2. The molecule has 6 nitrogen and oxygen atoms in total. The Morgan fingerprint density at radius 3 is 2.62 bits per heavy atom. The van der Waals surface area contributed by atoms with Crippen molar-refractivity contribution in [3.05, 3.63) is 81.6 Å². The van der Waals surface area contributed by atoms with E-state index in [1.807, 2.05) is 44.3 Å². The molecule has 1 aliphatic rings. The van der Waals surface area contributed by atoms with Crippen LogP contribution in [0.2, 0.25) is 5.02 Å². The number of piperidine rings is 1. The molecule has 1 fully saturated rings. The Morgan fingerprint density at radius 2 is 1.88 bits per heavy atom. The van der Waals surface area contributed by atoms with Gasteiger partial charge in [0, 0.05) is 55.5 Å². The summed E-state index contributed by atoms with van der Waals surface area (Å²) in [6.45, 7) is 5.37. The molecule has 0 amide bonds. The van der Waals surface area contributed by atoms with Crippen LogP contribution in [0, 0.1) is 13.8 Å². The molecule has 1 saturated heterocycles. The van der Waals surface area contributed by atoms with E-state index in [2.05, 4.69) is 33.1 Å². The van der Waals surface area contributed by atoms with Crippen LogP contribution in [0.15, 0.2) is 59.5 Å². The van der Waals surface area contributed by atoms with E-state index in [-0.39, 0.29) is 11.7 Å². The second-order valence-corrected chi connectivity index (χ2v) is 8.69. The summed E-state index contributed by atoms with van der Waals surface area (Å²) in [4.78, 5) is 22.4. The summed E-state index contributed by atoms with van der Waals surface area (Å²) in [6, 6.07) is 15.5. The van der Waals surface area contributed by atoms with Gasteiger partial charge in [0.25, 0.3) is 5.56 Å². The van der Waals surface area contributed by atoms with Crippen molar-refractivity contribution < 1.29 is 4.74 Å². The lowest BCUT2D eigenvalue weighted by Gasteiger charge is -2.34. The van der Waals surface area contributed by atoms with E-state index >= 15 is 0 Å². The van der Waals surface area contributed by atoms with Gasteiger partial charge in [-0.25, -0.2) is 4.98 Å². The third kappa shape index (κ3) is 3.98. The average Bonchev–Trinajstić information content (AvgIpc) is 3.22. The van der Waals surface area contributed by atoms with E-state index in [0.717, 1.165) is 48.6 Å². The van der Waals surface area contributed by atoms with Crippen molar-refractivity contribution in [1.29, 1.82) is 0 Å². The quantitative estimate of drug-likeness (QED) is 0.475. The van der Waals surface area contributed by atoms with Crippen molar-refractivity contribution in [3.63, 3.8) is 0 Å². The largest absolute Gasteiger partial charge is 0.490 e. The maximum Gasteiger partial charge on any atom is 0.258 e. The molecule has 0 aliphatic carbocycles. The van der Waals surface area contributed by atoms with Gasteiger partial charge in [0.1, 0.15) is 17.7 Å². The molecule has 164 valence electrons. The smallest absolute Gasteiger partial charge is 0.258 e. The normalized spacial score (nSPS) is 14.8. The molecule has 32 heavy (non-hydrogen) atoms. The molecule has 0 radical (unpaired) electrons.